The SMILES string of the molecule is Cc1ccc([C@@H]2C[C@H](C(F)F)n3ncc(C(=O)NCc4cccc(C(F)(F)F)c4)c3N2)cc1. The first-order valence-corrected chi connectivity index (χ1v) is 10.3. The number of anilines is 1. The summed E-state index contributed by atoms with van der Waals surface area (Å²) in [7, 11) is 0. The highest BCUT2D eigenvalue weighted by molar-refractivity contribution is 5.98. The molecule has 0 aliphatic carbocycles. The van der Waals surface area contributed by atoms with E-state index in [0.29, 0.717) is 0 Å². The van der Waals surface area contributed by atoms with Crippen LogP contribution in [0.25, 0.3) is 0 Å². The largest absolute Gasteiger partial charge is 0.416 e. The lowest BCUT2D eigenvalue weighted by Gasteiger charge is -2.32. The number of aryl methyl sites for hydroxylation is 1. The Morgan fingerprint density at radius 1 is 1.21 bits per heavy atom. The van der Waals surface area contributed by atoms with E-state index in [-0.39, 0.29) is 29.9 Å². The molecular weight excluding hydrogens is 443 g/mol. The Bertz CT molecular complexity index is 1140. The van der Waals surface area contributed by atoms with Crippen LogP contribution in [0.2, 0.25) is 0 Å². The van der Waals surface area contributed by atoms with E-state index in [1.165, 1.54) is 18.3 Å². The molecule has 33 heavy (non-hydrogen) atoms. The fourth-order valence-corrected chi connectivity index (χ4v) is 3.85. The van der Waals surface area contributed by atoms with E-state index in [4.69, 9.17) is 0 Å². The molecule has 1 aliphatic rings. The first-order valence-electron chi connectivity index (χ1n) is 10.3. The van der Waals surface area contributed by atoms with Crippen LogP contribution in [-0.4, -0.2) is 22.1 Å². The molecule has 0 bridgehead atoms. The van der Waals surface area contributed by atoms with Crippen molar-refractivity contribution in [2.24, 2.45) is 0 Å². The number of nitrogens with zero attached hydrogens (tertiary/aromatic N) is 2. The number of nitrogens with one attached hydrogen (secondary N) is 2. The molecule has 2 heterocycles. The van der Waals surface area contributed by atoms with Crippen molar-refractivity contribution in [1.29, 1.82) is 0 Å². The maximum atomic E-state index is 13.8. The van der Waals surface area contributed by atoms with E-state index in [2.05, 4.69) is 15.7 Å². The van der Waals surface area contributed by atoms with Crippen LogP contribution in [0.5, 0.6) is 0 Å². The monoisotopic (exact) mass is 464 g/mol. The van der Waals surface area contributed by atoms with Gasteiger partial charge in [0.2, 0.25) is 0 Å². The van der Waals surface area contributed by atoms with Gasteiger partial charge in [-0.05, 0) is 36.6 Å². The molecule has 1 aliphatic heterocycles. The zero-order chi connectivity index (χ0) is 23.8. The van der Waals surface area contributed by atoms with Crippen LogP contribution in [-0.2, 0) is 12.7 Å². The Hall–Kier alpha value is -3.43. The lowest BCUT2D eigenvalue weighted by Crippen LogP contribution is -2.32. The molecule has 3 aromatic rings. The minimum absolute atomic E-state index is 0.0458. The highest BCUT2D eigenvalue weighted by atomic mass is 19.4. The van der Waals surface area contributed by atoms with Gasteiger partial charge in [0.25, 0.3) is 12.3 Å². The van der Waals surface area contributed by atoms with E-state index < -0.39 is 36.2 Å². The van der Waals surface area contributed by atoms with Crippen LogP contribution >= 0.6 is 0 Å². The van der Waals surface area contributed by atoms with Crippen molar-refractivity contribution in [2.75, 3.05) is 5.32 Å². The van der Waals surface area contributed by atoms with Crippen molar-refractivity contribution in [1.82, 2.24) is 15.1 Å². The summed E-state index contributed by atoms with van der Waals surface area (Å²) in [6, 6.07) is 10.4. The van der Waals surface area contributed by atoms with Crippen LogP contribution in [0.4, 0.5) is 27.8 Å². The first kappa shape index (κ1) is 22.8. The molecule has 2 aromatic carbocycles. The van der Waals surface area contributed by atoms with Gasteiger partial charge < -0.3 is 10.6 Å². The van der Waals surface area contributed by atoms with Gasteiger partial charge in [0.05, 0.1) is 17.8 Å². The molecule has 0 fully saturated rings. The average Bonchev–Trinajstić information content (AvgIpc) is 3.21. The number of hydrogen-bond acceptors (Lipinski definition) is 3. The van der Waals surface area contributed by atoms with E-state index in [9.17, 15) is 26.7 Å². The maximum absolute atomic E-state index is 13.8. The number of alkyl halides is 5. The van der Waals surface area contributed by atoms with Crippen molar-refractivity contribution in [3.05, 3.63) is 82.5 Å². The number of benzene rings is 2. The second-order valence-corrected chi connectivity index (χ2v) is 7.98. The number of carbonyl (C=O) groups excluding carboxylic acids is 1. The third-order valence-corrected chi connectivity index (χ3v) is 5.62. The standard InChI is InChI=1S/C23H21F5N4O/c1-13-5-7-15(8-6-13)18-10-19(20(24)25)32-21(31-18)17(12-30-32)22(33)29-11-14-3-2-4-16(9-14)23(26,27)28/h2-9,12,18-20,31H,10-11H2,1H3,(H,29,33)/t18-,19+/m0/s1. The van der Waals surface area contributed by atoms with Crippen LogP contribution in [0, 0.1) is 6.92 Å². The van der Waals surface area contributed by atoms with Gasteiger partial charge in [-0.25, -0.2) is 13.5 Å². The molecule has 1 amide bonds. The van der Waals surface area contributed by atoms with E-state index in [1.807, 2.05) is 31.2 Å². The molecule has 0 saturated heterocycles. The molecule has 0 spiro atoms. The molecule has 4 rings (SSSR count). The van der Waals surface area contributed by atoms with Crippen molar-refractivity contribution >= 4 is 11.7 Å². The molecule has 10 heteroatoms. The van der Waals surface area contributed by atoms with Crippen molar-refractivity contribution < 1.29 is 26.7 Å². The number of amides is 1. The lowest BCUT2D eigenvalue weighted by molar-refractivity contribution is -0.137. The van der Waals surface area contributed by atoms with Crippen LogP contribution in [0.3, 0.4) is 0 Å². The summed E-state index contributed by atoms with van der Waals surface area (Å²) in [5, 5.41) is 9.67. The van der Waals surface area contributed by atoms with E-state index in [1.54, 1.807) is 0 Å². The number of rotatable bonds is 5. The number of fused-ring (bicyclic) bond motifs is 1. The summed E-state index contributed by atoms with van der Waals surface area (Å²) in [4.78, 5) is 12.8. The van der Waals surface area contributed by atoms with Gasteiger partial charge in [-0.3, -0.25) is 4.79 Å². The Morgan fingerprint density at radius 2 is 1.94 bits per heavy atom. The number of aromatic nitrogens is 2. The summed E-state index contributed by atoms with van der Waals surface area (Å²) in [6.07, 6.45) is -5.92. The number of halogens is 5. The summed E-state index contributed by atoms with van der Waals surface area (Å²) in [6.45, 7) is 1.76. The average molecular weight is 464 g/mol. The normalized spacial score (nSPS) is 18.0. The molecule has 2 N–H and O–H groups in total. The predicted octanol–water partition coefficient (Wildman–Crippen LogP) is 5.50. The molecule has 2 atom stereocenters. The fourth-order valence-electron chi connectivity index (χ4n) is 3.85. The Balaban J connectivity index is 1.55. The maximum Gasteiger partial charge on any atom is 0.416 e. The van der Waals surface area contributed by atoms with Gasteiger partial charge in [0.1, 0.15) is 17.4 Å². The zero-order valence-corrected chi connectivity index (χ0v) is 17.5. The fraction of sp³-hybridized carbons (Fsp3) is 0.304. The van der Waals surface area contributed by atoms with E-state index in [0.717, 1.165) is 27.9 Å². The third-order valence-electron chi connectivity index (χ3n) is 5.62. The molecule has 0 unspecified atom stereocenters. The Labute approximate surface area is 186 Å². The number of carbonyl (C=O) groups is 1. The first-order chi connectivity index (χ1) is 15.6. The second-order valence-electron chi connectivity index (χ2n) is 7.98. The van der Waals surface area contributed by atoms with Gasteiger partial charge in [0, 0.05) is 6.54 Å². The van der Waals surface area contributed by atoms with Crippen molar-refractivity contribution in [3.63, 3.8) is 0 Å². The summed E-state index contributed by atoms with van der Waals surface area (Å²) >= 11 is 0. The van der Waals surface area contributed by atoms with Crippen LogP contribution in [0.1, 0.15) is 51.1 Å². The Kier molecular flexibility index (Phi) is 6.09. The van der Waals surface area contributed by atoms with E-state index >= 15 is 0 Å². The van der Waals surface area contributed by atoms with Gasteiger partial charge >= 0.3 is 6.18 Å². The summed E-state index contributed by atoms with van der Waals surface area (Å²) in [5.41, 5.74) is 1.31. The highest BCUT2D eigenvalue weighted by Gasteiger charge is 2.36. The minimum atomic E-state index is -4.50. The summed E-state index contributed by atoms with van der Waals surface area (Å²) in [5.74, 6) is -0.475. The zero-order valence-electron chi connectivity index (χ0n) is 17.5. The van der Waals surface area contributed by atoms with Gasteiger partial charge in [-0.2, -0.15) is 18.3 Å². The van der Waals surface area contributed by atoms with Gasteiger partial charge in [0.15, 0.2) is 0 Å². The Morgan fingerprint density at radius 3 is 2.61 bits per heavy atom. The highest BCUT2D eigenvalue weighted by Crippen LogP contribution is 2.39. The molecule has 174 valence electrons. The molecular formula is C23H21F5N4O. The summed E-state index contributed by atoms with van der Waals surface area (Å²) < 4.78 is 67.4. The van der Waals surface area contributed by atoms with Crippen LogP contribution < -0.4 is 10.6 Å². The molecule has 1 aromatic heterocycles. The lowest BCUT2D eigenvalue weighted by atomic mass is 9.96. The van der Waals surface area contributed by atoms with Crippen molar-refractivity contribution in [2.45, 2.75) is 44.6 Å². The molecule has 0 radical (unpaired) electrons. The van der Waals surface area contributed by atoms with Gasteiger partial charge in [-0.15, -0.1) is 0 Å². The smallest absolute Gasteiger partial charge is 0.363 e. The van der Waals surface area contributed by atoms with Crippen LogP contribution in [0.15, 0.2) is 54.7 Å². The quantitative estimate of drug-likeness (QED) is 0.490. The van der Waals surface area contributed by atoms with Gasteiger partial charge in [-0.1, -0.05) is 42.0 Å². The molecule has 5 nitrogen and oxygen atoms in total. The number of hydrogen-bond donors (Lipinski definition) is 2. The molecule has 0 saturated carbocycles. The third kappa shape index (κ3) is 4.84. The minimum Gasteiger partial charge on any atom is -0.363 e. The topological polar surface area (TPSA) is 59.0 Å². The predicted molar refractivity (Wildman–Crippen MR) is 112 cm³/mol. The van der Waals surface area contributed by atoms with Crippen molar-refractivity contribution in [3.8, 4) is 0 Å². The second kappa shape index (κ2) is 8.84.